The first-order valence-electron chi connectivity index (χ1n) is 8.26. The largest absolute Gasteiger partial charge is 0.273 e. The average Bonchev–Trinajstić information content (AvgIpc) is 2.95. The number of pyridine rings is 1. The molecule has 0 aliphatic heterocycles. The van der Waals surface area contributed by atoms with Gasteiger partial charge in [-0.1, -0.05) is 11.6 Å². The number of nitrogens with one attached hydrogen (secondary N) is 2. The summed E-state index contributed by atoms with van der Waals surface area (Å²) in [7, 11) is 0. The molecule has 0 saturated carbocycles. The maximum absolute atomic E-state index is 12.2. The van der Waals surface area contributed by atoms with Crippen molar-refractivity contribution in [2.24, 2.45) is 0 Å². The lowest BCUT2D eigenvalue weighted by molar-refractivity contribution is -0.121. The van der Waals surface area contributed by atoms with Crippen LogP contribution in [-0.4, -0.2) is 26.6 Å². The standard InChI is InChI=1S/C19H18ClN5O2/c1-12-17(13(2)25(24-12)16-7-5-15(20)6-8-16)10-18(26)22-23-19(27)14-4-3-9-21-11-14/h3-9,11H,10H2,1-2H3,(H,22,26)(H,23,27). The summed E-state index contributed by atoms with van der Waals surface area (Å²) in [4.78, 5) is 28.1. The molecule has 138 valence electrons. The molecule has 2 aromatic heterocycles. The smallest absolute Gasteiger partial charge is 0.271 e. The van der Waals surface area contributed by atoms with Crippen LogP contribution < -0.4 is 10.9 Å². The second-order valence-electron chi connectivity index (χ2n) is 5.96. The molecule has 0 spiro atoms. The van der Waals surface area contributed by atoms with Crippen LogP contribution in [0.3, 0.4) is 0 Å². The van der Waals surface area contributed by atoms with Gasteiger partial charge in [-0.2, -0.15) is 5.10 Å². The fourth-order valence-corrected chi connectivity index (χ4v) is 2.79. The van der Waals surface area contributed by atoms with Gasteiger partial charge in [-0.3, -0.25) is 25.4 Å². The summed E-state index contributed by atoms with van der Waals surface area (Å²) in [6.45, 7) is 3.74. The second kappa shape index (κ2) is 8.01. The van der Waals surface area contributed by atoms with Gasteiger partial charge in [0.15, 0.2) is 0 Å². The van der Waals surface area contributed by atoms with Crippen molar-refractivity contribution in [3.8, 4) is 5.69 Å². The first-order chi connectivity index (χ1) is 13.0. The van der Waals surface area contributed by atoms with Gasteiger partial charge in [0.05, 0.1) is 23.4 Å². The molecule has 0 radical (unpaired) electrons. The fraction of sp³-hybridized carbons (Fsp3) is 0.158. The minimum atomic E-state index is -0.429. The molecule has 1 aromatic carbocycles. The third-order valence-electron chi connectivity index (χ3n) is 4.09. The van der Waals surface area contributed by atoms with E-state index in [0.29, 0.717) is 10.6 Å². The first-order valence-corrected chi connectivity index (χ1v) is 8.63. The molecule has 8 heteroatoms. The van der Waals surface area contributed by atoms with Crippen molar-refractivity contribution in [2.75, 3.05) is 0 Å². The maximum Gasteiger partial charge on any atom is 0.271 e. The van der Waals surface area contributed by atoms with E-state index in [2.05, 4.69) is 20.9 Å². The highest BCUT2D eigenvalue weighted by Gasteiger charge is 2.16. The third kappa shape index (κ3) is 4.32. The van der Waals surface area contributed by atoms with E-state index in [1.807, 2.05) is 26.0 Å². The Morgan fingerprint density at radius 2 is 1.85 bits per heavy atom. The number of rotatable bonds is 4. The Morgan fingerprint density at radius 3 is 2.52 bits per heavy atom. The van der Waals surface area contributed by atoms with Crippen LogP contribution in [0.25, 0.3) is 5.69 Å². The van der Waals surface area contributed by atoms with Gasteiger partial charge >= 0.3 is 0 Å². The molecule has 0 bridgehead atoms. The van der Waals surface area contributed by atoms with E-state index in [1.54, 1.807) is 35.1 Å². The average molecular weight is 384 g/mol. The molecule has 27 heavy (non-hydrogen) atoms. The fourth-order valence-electron chi connectivity index (χ4n) is 2.66. The number of benzene rings is 1. The molecule has 2 heterocycles. The second-order valence-corrected chi connectivity index (χ2v) is 6.39. The Morgan fingerprint density at radius 1 is 1.11 bits per heavy atom. The summed E-state index contributed by atoms with van der Waals surface area (Å²) in [5.74, 6) is -0.768. The lowest BCUT2D eigenvalue weighted by Gasteiger charge is -2.08. The van der Waals surface area contributed by atoms with E-state index < -0.39 is 5.91 Å². The van der Waals surface area contributed by atoms with Gasteiger partial charge in [0.1, 0.15) is 0 Å². The predicted octanol–water partition coefficient (Wildman–Crippen LogP) is 2.54. The summed E-state index contributed by atoms with van der Waals surface area (Å²) in [6, 6.07) is 10.6. The number of halogens is 1. The molecule has 0 fully saturated rings. The Balaban J connectivity index is 1.67. The van der Waals surface area contributed by atoms with Gasteiger partial charge in [0.2, 0.25) is 5.91 Å². The van der Waals surface area contributed by atoms with Crippen LogP contribution in [0.4, 0.5) is 0 Å². The minimum absolute atomic E-state index is 0.0958. The number of hydrogen-bond acceptors (Lipinski definition) is 4. The lowest BCUT2D eigenvalue weighted by atomic mass is 10.1. The zero-order chi connectivity index (χ0) is 19.4. The number of carbonyl (C=O) groups excluding carboxylic acids is 2. The summed E-state index contributed by atoms with van der Waals surface area (Å²) in [5, 5.41) is 5.15. The van der Waals surface area contributed by atoms with E-state index >= 15 is 0 Å². The van der Waals surface area contributed by atoms with Crippen LogP contribution in [0.15, 0.2) is 48.8 Å². The summed E-state index contributed by atoms with van der Waals surface area (Å²) >= 11 is 5.93. The Hall–Kier alpha value is -3.19. The third-order valence-corrected chi connectivity index (χ3v) is 4.34. The predicted molar refractivity (Wildman–Crippen MR) is 102 cm³/mol. The Kier molecular flexibility index (Phi) is 5.52. The molecule has 0 unspecified atom stereocenters. The molecule has 0 aliphatic carbocycles. The van der Waals surface area contributed by atoms with Crippen LogP contribution in [0.1, 0.15) is 27.3 Å². The van der Waals surface area contributed by atoms with Crippen LogP contribution >= 0.6 is 11.6 Å². The maximum atomic E-state index is 12.2. The van der Waals surface area contributed by atoms with Crippen molar-refractivity contribution in [3.63, 3.8) is 0 Å². The summed E-state index contributed by atoms with van der Waals surface area (Å²) < 4.78 is 1.77. The van der Waals surface area contributed by atoms with E-state index in [9.17, 15) is 9.59 Å². The van der Waals surface area contributed by atoms with Crippen molar-refractivity contribution < 1.29 is 9.59 Å². The number of hydrogen-bond donors (Lipinski definition) is 2. The molecular formula is C19H18ClN5O2. The lowest BCUT2D eigenvalue weighted by Crippen LogP contribution is -2.42. The molecule has 7 nitrogen and oxygen atoms in total. The van der Waals surface area contributed by atoms with Gasteiger partial charge in [0.25, 0.3) is 5.91 Å². The van der Waals surface area contributed by atoms with Crippen molar-refractivity contribution in [1.29, 1.82) is 0 Å². The number of aryl methyl sites for hydroxylation is 1. The van der Waals surface area contributed by atoms with Gasteiger partial charge in [-0.15, -0.1) is 0 Å². The van der Waals surface area contributed by atoms with Crippen LogP contribution in [0.2, 0.25) is 5.02 Å². The number of aromatic nitrogens is 3. The van der Waals surface area contributed by atoms with Crippen LogP contribution in [0.5, 0.6) is 0 Å². The highest BCUT2D eigenvalue weighted by molar-refractivity contribution is 6.30. The molecule has 0 aliphatic rings. The van der Waals surface area contributed by atoms with E-state index in [1.165, 1.54) is 6.20 Å². The number of amides is 2. The monoisotopic (exact) mass is 383 g/mol. The SMILES string of the molecule is Cc1nn(-c2ccc(Cl)cc2)c(C)c1CC(=O)NNC(=O)c1cccnc1. The van der Waals surface area contributed by atoms with Crippen LogP contribution in [-0.2, 0) is 11.2 Å². The highest BCUT2D eigenvalue weighted by Crippen LogP contribution is 2.20. The van der Waals surface area contributed by atoms with Gasteiger partial charge in [0, 0.05) is 28.7 Å². The zero-order valence-electron chi connectivity index (χ0n) is 14.9. The summed E-state index contributed by atoms with van der Waals surface area (Å²) in [6.07, 6.45) is 3.09. The van der Waals surface area contributed by atoms with Crippen molar-refractivity contribution >= 4 is 23.4 Å². The first kappa shape index (κ1) is 18.6. The molecular weight excluding hydrogens is 366 g/mol. The molecule has 0 saturated heterocycles. The van der Waals surface area contributed by atoms with Crippen molar-refractivity contribution in [3.05, 3.63) is 76.3 Å². The normalized spacial score (nSPS) is 10.5. The minimum Gasteiger partial charge on any atom is -0.273 e. The van der Waals surface area contributed by atoms with Gasteiger partial charge in [-0.25, -0.2) is 4.68 Å². The van der Waals surface area contributed by atoms with E-state index in [4.69, 9.17) is 11.6 Å². The molecule has 3 rings (SSSR count). The van der Waals surface area contributed by atoms with E-state index in [-0.39, 0.29) is 12.3 Å². The van der Waals surface area contributed by atoms with Crippen molar-refractivity contribution in [1.82, 2.24) is 25.6 Å². The Bertz CT molecular complexity index is 968. The topological polar surface area (TPSA) is 88.9 Å². The van der Waals surface area contributed by atoms with Gasteiger partial charge < -0.3 is 0 Å². The molecule has 3 aromatic rings. The number of nitrogens with zero attached hydrogens (tertiary/aromatic N) is 3. The van der Waals surface area contributed by atoms with Crippen molar-refractivity contribution in [2.45, 2.75) is 20.3 Å². The van der Waals surface area contributed by atoms with E-state index in [0.717, 1.165) is 22.6 Å². The number of hydrazine groups is 1. The molecule has 0 atom stereocenters. The Labute approximate surface area is 161 Å². The molecule has 2 amide bonds. The zero-order valence-corrected chi connectivity index (χ0v) is 15.6. The number of carbonyl (C=O) groups is 2. The highest BCUT2D eigenvalue weighted by atomic mass is 35.5. The quantitative estimate of drug-likeness (QED) is 0.677. The van der Waals surface area contributed by atoms with Crippen LogP contribution in [0, 0.1) is 13.8 Å². The van der Waals surface area contributed by atoms with Gasteiger partial charge in [-0.05, 0) is 50.2 Å². The molecule has 2 N–H and O–H groups in total. The summed E-state index contributed by atoms with van der Waals surface area (Å²) in [5.41, 5.74) is 8.42.